The second-order valence-electron chi connectivity index (χ2n) is 5.08. The molecule has 8 heteroatoms. The van der Waals surface area contributed by atoms with E-state index in [0.717, 1.165) is 11.3 Å². The van der Waals surface area contributed by atoms with Gasteiger partial charge in [0.2, 0.25) is 5.89 Å². The Labute approximate surface area is 149 Å². The molecule has 0 saturated heterocycles. The number of para-hydroxylation sites is 1. The number of hydrogen-bond acceptors (Lipinski definition) is 5. The van der Waals surface area contributed by atoms with E-state index in [0.29, 0.717) is 23.0 Å². The zero-order chi connectivity index (χ0) is 17.6. The third-order valence-corrected chi connectivity index (χ3v) is 3.65. The number of urea groups is 1. The molecule has 2 amide bonds. The number of ether oxygens (including phenoxy) is 1. The van der Waals surface area contributed by atoms with E-state index < -0.39 is 6.03 Å². The number of nitrogens with one attached hydrogen (secondary N) is 2. The second-order valence-corrected chi connectivity index (χ2v) is 5.49. The molecule has 0 radical (unpaired) electrons. The summed E-state index contributed by atoms with van der Waals surface area (Å²) < 4.78 is 10.5. The standard InChI is InChI=1S/C17H15ClN4O3/c1-24-12-8-6-11(7-9-12)10-15-21-22-17(25-15)20-16(23)19-14-5-3-2-4-13(14)18/h2-9H,10H2,1H3,(H2,19,20,22,23). The van der Waals surface area contributed by atoms with Crippen molar-refractivity contribution < 1.29 is 13.9 Å². The molecule has 2 aromatic carbocycles. The largest absolute Gasteiger partial charge is 0.497 e. The average Bonchev–Trinajstić information content (AvgIpc) is 3.04. The number of hydrogen-bond donors (Lipinski definition) is 2. The van der Waals surface area contributed by atoms with Gasteiger partial charge in [-0.3, -0.25) is 5.32 Å². The maximum absolute atomic E-state index is 11.9. The summed E-state index contributed by atoms with van der Waals surface area (Å²) in [5, 5.41) is 13.2. The lowest BCUT2D eigenvalue weighted by atomic mass is 10.1. The van der Waals surface area contributed by atoms with E-state index in [9.17, 15) is 4.79 Å². The predicted octanol–water partition coefficient (Wildman–Crippen LogP) is 3.97. The van der Waals surface area contributed by atoms with Crippen LogP contribution in [0.2, 0.25) is 5.02 Å². The van der Waals surface area contributed by atoms with Gasteiger partial charge in [0.15, 0.2) is 0 Å². The first-order chi connectivity index (χ1) is 12.1. The summed E-state index contributed by atoms with van der Waals surface area (Å²) in [4.78, 5) is 11.9. The Morgan fingerprint density at radius 3 is 2.60 bits per heavy atom. The van der Waals surface area contributed by atoms with Gasteiger partial charge in [0.25, 0.3) is 0 Å². The highest BCUT2D eigenvalue weighted by molar-refractivity contribution is 6.33. The molecule has 3 aromatic rings. The van der Waals surface area contributed by atoms with Crippen molar-refractivity contribution in [2.45, 2.75) is 6.42 Å². The lowest BCUT2D eigenvalue weighted by molar-refractivity contribution is 0.261. The van der Waals surface area contributed by atoms with Crippen LogP contribution in [0.3, 0.4) is 0 Å². The van der Waals surface area contributed by atoms with Crippen LogP contribution in [-0.4, -0.2) is 23.3 Å². The van der Waals surface area contributed by atoms with Gasteiger partial charge in [-0.1, -0.05) is 41.0 Å². The number of methoxy groups -OCH3 is 1. The molecule has 2 N–H and O–H groups in total. The number of aromatic nitrogens is 2. The molecule has 0 aliphatic carbocycles. The minimum atomic E-state index is -0.521. The number of amides is 2. The zero-order valence-electron chi connectivity index (χ0n) is 13.3. The molecule has 25 heavy (non-hydrogen) atoms. The van der Waals surface area contributed by atoms with E-state index >= 15 is 0 Å². The second kappa shape index (κ2) is 7.67. The summed E-state index contributed by atoms with van der Waals surface area (Å²) in [5.74, 6) is 1.16. The minimum absolute atomic E-state index is 0.00747. The third-order valence-electron chi connectivity index (χ3n) is 3.32. The maximum atomic E-state index is 11.9. The lowest BCUT2D eigenvalue weighted by Gasteiger charge is -2.05. The van der Waals surface area contributed by atoms with Gasteiger partial charge in [0.1, 0.15) is 5.75 Å². The molecule has 1 heterocycles. The highest BCUT2D eigenvalue weighted by Gasteiger charge is 2.11. The van der Waals surface area contributed by atoms with Crippen molar-refractivity contribution in [2.75, 3.05) is 17.7 Å². The number of rotatable bonds is 5. The predicted molar refractivity (Wildman–Crippen MR) is 94.2 cm³/mol. The highest BCUT2D eigenvalue weighted by atomic mass is 35.5. The Hall–Kier alpha value is -3.06. The molecule has 0 spiro atoms. The SMILES string of the molecule is COc1ccc(Cc2nnc(NC(=O)Nc3ccccc3Cl)o2)cc1. The van der Waals surface area contributed by atoms with Crippen LogP contribution in [0.5, 0.6) is 5.75 Å². The van der Waals surface area contributed by atoms with Crippen LogP contribution >= 0.6 is 11.6 Å². The van der Waals surface area contributed by atoms with Gasteiger partial charge < -0.3 is 14.5 Å². The third kappa shape index (κ3) is 4.48. The molecule has 0 fully saturated rings. The fraction of sp³-hybridized carbons (Fsp3) is 0.118. The summed E-state index contributed by atoms with van der Waals surface area (Å²) in [5.41, 5.74) is 1.47. The van der Waals surface area contributed by atoms with Crippen molar-refractivity contribution in [3.05, 3.63) is 65.0 Å². The minimum Gasteiger partial charge on any atom is -0.497 e. The van der Waals surface area contributed by atoms with Crippen molar-refractivity contribution in [1.82, 2.24) is 10.2 Å². The summed E-state index contributed by atoms with van der Waals surface area (Å²) in [7, 11) is 1.61. The first kappa shape index (κ1) is 16.8. The summed E-state index contributed by atoms with van der Waals surface area (Å²) in [6, 6.07) is 13.9. The van der Waals surface area contributed by atoms with Crippen LogP contribution in [0, 0.1) is 0 Å². The van der Waals surface area contributed by atoms with E-state index in [1.54, 1.807) is 31.4 Å². The lowest BCUT2D eigenvalue weighted by Crippen LogP contribution is -2.19. The van der Waals surface area contributed by atoms with E-state index in [1.165, 1.54) is 0 Å². The molecule has 0 atom stereocenters. The van der Waals surface area contributed by atoms with Crippen LogP contribution in [-0.2, 0) is 6.42 Å². The highest BCUT2D eigenvalue weighted by Crippen LogP contribution is 2.21. The fourth-order valence-electron chi connectivity index (χ4n) is 2.11. The molecule has 0 unspecified atom stereocenters. The Morgan fingerprint density at radius 1 is 1.12 bits per heavy atom. The van der Waals surface area contributed by atoms with Crippen molar-refractivity contribution in [3.8, 4) is 5.75 Å². The van der Waals surface area contributed by atoms with Gasteiger partial charge in [0.05, 0.1) is 24.2 Å². The average molecular weight is 359 g/mol. The van der Waals surface area contributed by atoms with Crippen LogP contribution in [0.4, 0.5) is 16.5 Å². The molecule has 0 aliphatic heterocycles. The molecular formula is C17H15ClN4O3. The van der Waals surface area contributed by atoms with Crippen molar-refractivity contribution >= 4 is 29.3 Å². The van der Waals surface area contributed by atoms with Crippen LogP contribution in [0.1, 0.15) is 11.5 Å². The smallest absolute Gasteiger partial charge is 0.327 e. The fourth-order valence-corrected chi connectivity index (χ4v) is 2.29. The number of anilines is 2. The Morgan fingerprint density at radius 2 is 1.88 bits per heavy atom. The summed E-state index contributed by atoms with van der Waals surface area (Å²) in [6.45, 7) is 0. The zero-order valence-corrected chi connectivity index (χ0v) is 14.1. The van der Waals surface area contributed by atoms with Gasteiger partial charge in [0, 0.05) is 0 Å². The Bertz CT molecular complexity index is 864. The van der Waals surface area contributed by atoms with Gasteiger partial charge in [-0.2, -0.15) is 0 Å². The maximum Gasteiger partial charge on any atom is 0.327 e. The van der Waals surface area contributed by atoms with Gasteiger partial charge in [-0.05, 0) is 29.8 Å². The molecule has 0 aliphatic rings. The van der Waals surface area contributed by atoms with Crippen LogP contribution in [0.25, 0.3) is 0 Å². The van der Waals surface area contributed by atoms with Crippen LogP contribution < -0.4 is 15.4 Å². The van der Waals surface area contributed by atoms with Gasteiger partial charge in [-0.25, -0.2) is 4.79 Å². The van der Waals surface area contributed by atoms with E-state index in [4.69, 9.17) is 20.8 Å². The number of carbonyl (C=O) groups is 1. The van der Waals surface area contributed by atoms with Gasteiger partial charge >= 0.3 is 12.0 Å². The topological polar surface area (TPSA) is 89.3 Å². The first-order valence-corrected chi connectivity index (χ1v) is 7.79. The van der Waals surface area contributed by atoms with Crippen molar-refractivity contribution in [3.63, 3.8) is 0 Å². The molecule has 1 aromatic heterocycles. The van der Waals surface area contributed by atoms with Crippen molar-refractivity contribution in [1.29, 1.82) is 0 Å². The molecule has 7 nitrogen and oxygen atoms in total. The molecule has 0 saturated carbocycles. The van der Waals surface area contributed by atoms with Crippen LogP contribution in [0.15, 0.2) is 52.9 Å². The van der Waals surface area contributed by atoms with E-state index in [-0.39, 0.29) is 6.01 Å². The van der Waals surface area contributed by atoms with Crippen molar-refractivity contribution in [2.24, 2.45) is 0 Å². The molecule has 128 valence electrons. The number of benzene rings is 2. The van der Waals surface area contributed by atoms with Gasteiger partial charge in [-0.15, -0.1) is 5.10 Å². The number of nitrogens with zero attached hydrogens (tertiary/aromatic N) is 2. The normalized spacial score (nSPS) is 10.3. The summed E-state index contributed by atoms with van der Waals surface area (Å²) >= 11 is 5.98. The van der Waals surface area contributed by atoms with E-state index in [1.807, 2.05) is 24.3 Å². The summed E-state index contributed by atoms with van der Waals surface area (Å²) in [6.07, 6.45) is 0.449. The number of halogens is 1. The monoisotopic (exact) mass is 358 g/mol. The van der Waals surface area contributed by atoms with E-state index in [2.05, 4.69) is 20.8 Å². The molecule has 3 rings (SSSR count). The Kier molecular flexibility index (Phi) is 5.15. The molecule has 0 bridgehead atoms. The quantitative estimate of drug-likeness (QED) is 0.720. The molecular weight excluding hydrogens is 344 g/mol. The first-order valence-electron chi connectivity index (χ1n) is 7.42. The number of carbonyl (C=O) groups excluding carboxylic acids is 1. The Balaban J connectivity index is 1.59.